The predicted molar refractivity (Wildman–Crippen MR) is 56.5 cm³/mol. The van der Waals surface area contributed by atoms with Crippen LogP contribution in [0.1, 0.15) is 13.8 Å². The van der Waals surface area contributed by atoms with Crippen molar-refractivity contribution in [1.82, 2.24) is 0 Å². The van der Waals surface area contributed by atoms with Gasteiger partial charge in [-0.05, 0) is 26.0 Å². The van der Waals surface area contributed by atoms with Crippen LogP contribution in [0.4, 0.5) is 10.1 Å². The Hall–Kier alpha value is -1.25. The predicted octanol–water partition coefficient (Wildman–Crippen LogP) is 2.68. The van der Waals surface area contributed by atoms with Crippen molar-refractivity contribution in [3.63, 3.8) is 0 Å². The number of benzene rings is 1. The van der Waals surface area contributed by atoms with E-state index in [-0.39, 0.29) is 5.82 Å². The number of ether oxygens (including phenoxy) is 1. The van der Waals surface area contributed by atoms with Crippen LogP contribution < -0.4 is 9.64 Å². The van der Waals surface area contributed by atoms with Gasteiger partial charge in [-0.3, -0.25) is 0 Å². The van der Waals surface area contributed by atoms with Crippen molar-refractivity contribution in [2.75, 3.05) is 25.1 Å². The fraction of sp³-hybridized carbons (Fsp3) is 0.455. The monoisotopic (exact) mass is 197 g/mol. The van der Waals surface area contributed by atoms with E-state index in [2.05, 4.69) is 4.90 Å². The van der Waals surface area contributed by atoms with E-state index in [1.807, 2.05) is 13.8 Å². The maximum absolute atomic E-state index is 13.0. The Bertz CT molecular complexity index is 297. The first kappa shape index (κ1) is 10.8. The van der Waals surface area contributed by atoms with Gasteiger partial charge in [-0.1, -0.05) is 0 Å². The first-order chi connectivity index (χ1) is 6.72. The molecule has 0 atom stereocenters. The van der Waals surface area contributed by atoms with Gasteiger partial charge < -0.3 is 9.64 Å². The molecule has 0 bridgehead atoms. The summed E-state index contributed by atoms with van der Waals surface area (Å²) in [6.07, 6.45) is 0. The topological polar surface area (TPSA) is 12.5 Å². The number of anilines is 1. The summed E-state index contributed by atoms with van der Waals surface area (Å²) in [4.78, 5) is 2.06. The molecule has 0 heterocycles. The fourth-order valence-corrected chi connectivity index (χ4v) is 1.47. The largest absolute Gasteiger partial charge is 0.495 e. The minimum Gasteiger partial charge on any atom is -0.495 e. The second-order valence-corrected chi connectivity index (χ2v) is 2.99. The standard InChI is InChI=1S/C11H16FNO/c1-4-13(5-2)10-8-9(12)6-7-11(10)14-3/h6-8H,4-5H2,1-3H3. The van der Waals surface area contributed by atoms with Crippen LogP contribution in [0, 0.1) is 5.82 Å². The van der Waals surface area contributed by atoms with Crippen LogP contribution in [0.15, 0.2) is 18.2 Å². The molecule has 0 aromatic heterocycles. The van der Waals surface area contributed by atoms with Crippen LogP contribution in [-0.4, -0.2) is 20.2 Å². The van der Waals surface area contributed by atoms with Crippen molar-refractivity contribution < 1.29 is 9.13 Å². The Morgan fingerprint density at radius 3 is 2.43 bits per heavy atom. The molecule has 2 nitrogen and oxygen atoms in total. The summed E-state index contributed by atoms with van der Waals surface area (Å²) < 4.78 is 18.2. The van der Waals surface area contributed by atoms with Gasteiger partial charge >= 0.3 is 0 Å². The highest BCUT2D eigenvalue weighted by atomic mass is 19.1. The lowest BCUT2D eigenvalue weighted by Gasteiger charge is -2.23. The molecule has 0 aliphatic rings. The van der Waals surface area contributed by atoms with Gasteiger partial charge in [0.15, 0.2) is 0 Å². The molecule has 78 valence electrons. The highest BCUT2D eigenvalue weighted by Gasteiger charge is 2.09. The van der Waals surface area contributed by atoms with Crippen molar-refractivity contribution in [3.8, 4) is 5.75 Å². The second-order valence-electron chi connectivity index (χ2n) is 2.99. The molecule has 0 spiro atoms. The second kappa shape index (κ2) is 4.84. The van der Waals surface area contributed by atoms with E-state index in [1.54, 1.807) is 13.2 Å². The van der Waals surface area contributed by atoms with E-state index in [0.717, 1.165) is 24.5 Å². The minimum absolute atomic E-state index is 0.229. The molecular weight excluding hydrogens is 181 g/mol. The lowest BCUT2D eigenvalue weighted by Crippen LogP contribution is -2.22. The summed E-state index contributed by atoms with van der Waals surface area (Å²) in [6, 6.07) is 4.57. The molecule has 0 saturated heterocycles. The van der Waals surface area contributed by atoms with Gasteiger partial charge in [-0.25, -0.2) is 4.39 Å². The van der Waals surface area contributed by atoms with Crippen LogP contribution >= 0.6 is 0 Å². The average molecular weight is 197 g/mol. The molecule has 0 saturated carbocycles. The number of rotatable bonds is 4. The lowest BCUT2D eigenvalue weighted by atomic mass is 10.2. The van der Waals surface area contributed by atoms with Gasteiger partial charge in [0.05, 0.1) is 12.8 Å². The maximum Gasteiger partial charge on any atom is 0.142 e. The van der Waals surface area contributed by atoms with Crippen molar-refractivity contribution >= 4 is 5.69 Å². The van der Waals surface area contributed by atoms with Crippen molar-refractivity contribution in [3.05, 3.63) is 24.0 Å². The van der Waals surface area contributed by atoms with Crippen LogP contribution in [0.3, 0.4) is 0 Å². The first-order valence-electron chi connectivity index (χ1n) is 4.81. The van der Waals surface area contributed by atoms with Crippen molar-refractivity contribution in [1.29, 1.82) is 0 Å². The highest BCUT2D eigenvalue weighted by molar-refractivity contribution is 5.58. The Labute approximate surface area is 84.3 Å². The zero-order valence-corrected chi connectivity index (χ0v) is 8.88. The van der Waals surface area contributed by atoms with Crippen LogP contribution in [0.2, 0.25) is 0 Å². The van der Waals surface area contributed by atoms with E-state index in [1.165, 1.54) is 12.1 Å². The molecule has 3 heteroatoms. The number of nitrogens with zero attached hydrogens (tertiary/aromatic N) is 1. The van der Waals surface area contributed by atoms with Crippen LogP contribution in [0.5, 0.6) is 5.75 Å². The number of halogens is 1. The summed E-state index contributed by atoms with van der Waals surface area (Å²) in [5.74, 6) is 0.489. The summed E-state index contributed by atoms with van der Waals surface area (Å²) in [5, 5.41) is 0. The number of hydrogen-bond donors (Lipinski definition) is 0. The average Bonchev–Trinajstić information content (AvgIpc) is 2.20. The molecule has 1 aromatic rings. The molecule has 0 fully saturated rings. The highest BCUT2D eigenvalue weighted by Crippen LogP contribution is 2.28. The SMILES string of the molecule is CCN(CC)c1cc(F)ccc1OC. The molecular formula is C11H16FNO. The lowest BCUT2D eigenvalue weighted by molar-refractivity contribution is 0.413. The van der Waals surface area contributed by atoms with Gasteiger partial charge in [0.1, 0.15) is 11.6 Å². The molecule has 0 amide bonds. The van der Waals surface area contributed by atoms with Gasteiger partial charge in [0, 0.05) is 19.2 Å². The van der Waals surface area contributed by atoms with E-state index in [4.69, 9.17) is 4.74 Å². The van der Waals surface area contributed by atoms with E-state index >= 15 is 0 Å². The minimum atomic E-state index is -0.229. The zero-order valence-electron chi connectivity index (χ0n) is 8.88. The molecule has 1 rings (SSSR count). The van der Waals surface area contributed by atoms with Gasteiger partial charge in [-0.2, -0.15) is 0 Å². The molecule has 0 aliphatic heterocycles. The van der Waals surface area contributed by atoms with E-state index < -0.39 is 0 Å². The van der Waals surface area contributed by atoms with Crippen LogP contribution in [-0.2, 0) is 0 Å². The van der Waals surface area contributed by atoms with Gasteiger partial charge in [0.25, 0.3) is 0 Å². The Kier molecular flexibility index (Phi) is 3.74. The third-order valence-electron chi connectivity index (χ3n) is 2.25. The third kappa shape index (κ3) is 2.16. The smallest absolute Gasteiger partial charge is 0.142 e. The normalized spacial score (nSPS) is 10.0. The van der Waals surface area contributed by atoms with E-state index in [9.17, 15) is 4.39 Å². The first-order valence-corrected chi connectivity index (χ1v) is 4.81. The summed E-state index contributed by atoms with van der Waals surface area (Å²) in [5.41, 5.74) is 0.817. The maximum atomic E-state index is 13.0. The zero-order chi connectivity index (χ0) is 10.6. The summed E-state index contributed by atoms with van der Waals surface area (Å²) in [6.45, 7) is 5.76. The molecule has 1 aromatic carbocycles. The summed E-state index contributed by atoms with van der Waals surface area (Å²) >= 11 is 0. The fourth-order valence-electron chi connectivity index (χ4n) is 1.47. The molecule has 0 N–H and O–H groups in total. The molecule has 0 aliphatic carbocycles. The van der Waals surface area contributed by atoms with Gasteiger partial charge in [-0.15, -0.1) is 0 Å². The van der Waals surface area contributed by atoms with Gasteiger partial charge in [0.2, 0.25) is 0 Å². The quantitative estimate of drug-likeness (QED) is 0.735. The molecule has 14 heavy (non-hydrogen) atoms. The Morgan fingerprint density at radius 2 is 1.93 bits per heavy atom. The van der Waals surface area contributed by atoms with Crippen molar-refractivity contribution in [2.24, 2.45) is 0 Å². The van der Waals surface area contributed by atoms with E-state index in [0.29, 0.717) is 0 Å². The van der Waals surface area contributed by atoms with Crippen LogP contribution in [0.25, 0.3) is 0 Å². The van der Waals surface area contributed by atoms with Crippen molar-refractivity contribution in [2.45, 2.75) is 13.8 Å². The third-order valence-corrected chi connectivity index (χ3v) is 2.25. The number of hydrogen-bond acceptors (Lipinski definition) is 2. The molecule has 0 unspecified atom stereocenters. The number of methoxy groups -OCH3 is 1. The molecule has 0 radical (unpaired) electrons. The Morgan fingerprint density at radius 1 is 1.29 bits per heavy atom. The summed E-state index contributed by atoms with van der Waals surface area (Å²) in [7, 11) is 1.60. The Balaban J connectivity index is 3.08.